The molecule has 160 valence electrons. The van der Waals surface area contributed by atoms with Crippen molar-refractivity contribution in [2.45, 2.75) is 45.1 Å². The maximum atomic E-state index is 12.4. The second kappa shape index (κ2) is 12.8. The van der Waals surface area contributed by atoms with E-state index in [1.165, 1.54) is 0 Å². The van der Waals surface area contributed by atoms with Crippen LogP contribution in [0.5, 0.6) is 0 Å². The zero-order valence-electron chi connectivity index (χ0n) is 18.0. The summed E-state index contributed by atoms with van der Waals surface area (Å²) in [5.41, 5.74) is 0.0801. The highest BCUT2D eigenvalue weighted by Crippen LogP contribution is 2.41. The molecule has 2 amide bonds. The van der Waals surface area contributed by atoms with Crippen LogP contribution < -0.4 is 4.90 Å². The Hall–Kier alpha value is -2.69. The molecule has 0 saturated heterocycles. The van der Waals surface area contributed by atoms with Crippen LogP contribution >= 0.6 is 11.6 Å². The number of aliphatic hydroxyl groups is 1. The molecule has 2 aromatic carbocycles. The van der Waals surface area contributed by atoms with E-state index in [9.17, 15) is 14.7 Å². The summed E-state index contributed by atoms with van der Waals surface area (Å²) in [4.78, 5) is 24.4. The van der Waals surface area contributed by atoms with Crippen LogP contribution in [0.2, 0.25) is 0 Å². The molecule has 0 saturated carbocycles. The van der Waals surface area contributed by atoms with E-state index >= 15 is 0 Å². The Labute approximate surface area is 184 Å². The van der Waals surface area contributed by atoms with Crippen LogP contribution in [0, 0.1) is 0 Å². The smallest absolute Gasteiger partial charge is 0.270 e. The number of carbonyl (C=O) groups excluding carboxylic acids is 2. The molecule has 0 fully saturated rings. The van der Waals surface area contributed by atoms with E-state index in [1.807, 2.05) is 82.3 Å². The lowest BCUT2D eigenvalue weighted by Crippen LogP contribution is -2.41. The fraction of sp³-hybridized carbons (Fsp3) is 0.280. The van der Waals surface area contributed by atoms with Gasteiger partial charge in [0.15, 0.2) is 5.60 Å². The van der Waals surface area contributed by atoms with E-state index in [2.05, 4.69) is 0 Å². The van der Waals surface area contributed by atoms with Crippen molar-refractivity contribution in [2.75, 3.05) is 4.90 Å². The van der Waals surface area contributed by atoms with Gasteiger partial charge in [0.2, 0.25) is 6.41 Å². The number of anilines is 1. The number of hydrogen-bond acceptors (Lipinski definition) is 3. The topological polar surface area (TPSA) is 57.6 Å². The van der Waals surface area contributed by atoms with Gasteiger partial charge in [0.05, 0.1) is 5.69 Å². The van der Waals surface area contributed by atoms with E-state index in [0.717, 1.165) is 10.5 Å². The maximum absolute atomic E-state index is 12.4. The van der Waals surface area contributed by atoms with E-state index < -0.39 is 11.5 Å². The van der Waals surface area contributed by atoms with Gasteiger partial charge >= 0.3 is 0 Å². The molecule has 1 aliphatic rings. The van der Waals surface area contributed by atoms with E-state index in [1.54, 1.807) is 24.3 Å². The predicted molar refractivity (Wildman–Crippen MR) is 125 cm³/mol. The van der Waals surface area contributed by atoms with E-state index in [0.29, 0.717) is 17.7 Å². The second-order valence-electron chi connectivity index (χ2n) is 6.69. The van der Waals surface area contributed by atoms with Gasteiger partial charge < -0.3 is 5.11 Å². The number of alkyl halides is 1. The first-order valence-electron chi connectivity index (χ1n) is 9.84. The monoisotopic (exact) mass is 427 g/mol. The number of carbonyl (C=O) groups is 2. The van der Waals surface area contributed by atoms with Crippen LogP contribution in [0.15, 0.2) is 78.9 Å². The van der Waals surface area contributed by atoms with Gasteiger partial charge in [-0.2, -0.15) is 0 Å². The fourth-order valence-electron chi connectivity index (χ4n) is 2.89. The van der Waals surface area contributed by atoms with Crippen molar-refractivity contribution in [1.82, 2.24) is 0 Å². The van der Waals surface area contributed by atoms with Crippen LogP contribution in [0.4, 0.5) is 5.69 Å². The Kier molecular flexibility index (Phi) is 10.8. The van der Waals surface area contributed by atoms with E-state index in [4.69, 9.17) is 11.6 Å². The Morgan fingerprint density at radius 2 is 1.57 bits per heavy atom. The molecule has 0 radical (unpaired) electrons. The van der Waals surface area contributed by atoms with Crippen LogP contribution in [0.1, 0.15) is 38.8 Å². The minimum absolute atomic E-state index is 0.147. The number of para-hydroxylation sites is 1. The molecule has 0 aliphatic carbocycles. The lowest BCUT2D eigenvalue weighted by atomic mass is 9.88. The number of fused-ring (bicyclic) bond motifs is 1. The highest BCUT2D eigenvalue weighted by atomic mass is 35.5. The third kappa shape index (κ3) is 6.68. The van der Waals surface area contributed by atoms with Crippen molar-refractivity contribution in [1.29, 1.82) is 0 Å². The van der Waals surface area contributed by atoms with Gasteiger partial charge in [-0.1, -0.05) is 72.8 Å². The van der Waals surface area contributed by atoms with Gasteiger partial charge in [-0.3, -0.25) is 9.59 Å². The summed E-state index contributed by atoms with van der Waals surface area (Å²) in [5.74, 6) is -0.599. The summed E-state index contributed by atoms with van der Waals surface area (Å²) in [6.07, 6.45) is 8.47. The van der Waals surface area contributed by atoms with Gasteiger partial charge in [-0.05, 0) is 39.3 Å². The molecule has 2 atom stereocenters. The molecule has 0 spiro atoms. The lowest BCUT2D eigenvalue weighted by molar-refractivity contribution is -0.137. The van der Waals surface area contributed by atoms with Crippen molar-refractivity contribution in [3.8, 4) is 0 Å². The first kappa shape index (κ1) is 25.3. The molecule has 30 heavy (non-hydrogen) atoms. The molecule has 1 heterocycles. The summed E-state index contributed by atoms with van der Waals surface area (Å²) < 4.78 is 0. The molecule has 2 aromatic rings. The van der Waals surface area contributed by atoms with E-state index in [-0.39, 0.29) is 11.8 Å². The zero-order valence-corrected chi connectivity index (χ0v) is 18.7. The van der Waals surface area contributed by atoms with Crippen molar-refractivity contribution < 1.29 is 14.7 Å². The Morgan fingerprint density at radius 1 is 1.00 bits per heavy atom. The number of amides is 2. The Balaban J connectivity index is 0.000000379. The minimum Gasteiger partial charge on any atom is -0.375 e. The normalized spacial score (nSPS) is 18.3. The summed E-state index contributed by atoms with van der Waals surface area (Å²) >= 11 is 5.49. The largest absolute Gasteiger partial charge is 0.375 e. The molecule has 4 nitrogen and oxygen atoms in total. The standard InChI is InChI=1S/C16H13NO3.C5H9Cl.C4H8/c18-11-17-14-9-5-4-8-13(14)16(20,15(17)19)10-12-6-2-1-3-7-12;1-3-4-5(2)6;1-3-4-2/h1-9,11,20H,10H2;3-5H,1-2H3;3-4H,1-2H3/b;4-3-;4-3+. The van der Waals surface area contributed by atoms with Crippen LogP contribution in [-0.2, 0) is 21.6 Å². The van der Waals surface area contributed by atoms with Gasteiger partial charge in [0.1, 0.15) is 0 Å². The fourth-order valence-corrected chi connectivity index (χ4v) is 3.03. The maximum Gasteiger partial charge on any atom is 0.270 e. The van der Waals surface area contributed by atoms with Crippen molar-refractivity contribution in [2.24, 2.45) is 0 Å². The number of halogens is 1. The third-order valence-corrected chi connectivity index (χ3v) is 4.53. The first-order valence-corrected chi connectivity index (χ1v) is 10.3. The van der Waals surface area contributed by atoms with Gasteiger partial charge in [0.25, 0.3) is 5.91 Å². The average Bonchev–Trinajstić information content (AvgIpc) is 2.96. The number of benzene rings is 2. The first-order chi connectivity index (χ1) is 14.3. The van der Waals surface area contributed by atoms with Crippen molar-refractivity contribution in [3.05, 3.63) is 90.0 Å². The molecule has 0 bridgehead atoms. The Morgan fingerprint density at radius 3 is 2.03 bits per heavy atom. The molecule has 5 heteroatoms. The summed E-state index contributed by atoms with van der Waals surface area (Å²) in [5, 5.41) is 11.0. The number of allylic oxidation sites excluding steroid dienone is 4. The average molecular weight is 428 g/mol. The molecule has 1 N–H and O–H groups in total. The second-order valence-corrected chi connectivity index (χ2v) is 7.38. The summed E-state index contributed by atoms with van der Waals surface area (Å²) in [7, 11) is 0. The Bertz CT molecular complexity index is 858. The molecular weight excluding hydrogens is 398 g/mol. The molecular formula is C25H30ClNO3. The number of imide groups is 1. The number of hydrogen-bond donors (Lipinski definition) is 1. The number of rotatable bonds is 4. The van der Waals surface area contributed by atoms with Crippen LogP contribution in [0.25, 0.3) is 0 Å². The molecule has 1 aliphatic heterocycles. The van der Waals surface area contributed by atoms with Crippen molar-refractivity contribution >= 4 is 29.6 Å². The van der Waals surface area contributed by atoms with Gasteiger partial charge in [-0.15, -0.1) is 11.6 Å². The van der Waals surface area contributed by atoms with Crippen LogP contribution in [-0.4, -0.2) is 22.8 Å². The highest BCUT2D eigenvalue weighted by molar-refractivity contribution is 6.21. The molecule has 0 aromatic heterocycles. The lowest BCUT2D eigenvalue weighted by Gasteiger charge is -2.21. The highest BCUT2D eigenvalue weighted by Gasteiger charge is 2.49. The van der Waals surface area contributed by atoms with Gasteiger partial charge in [-0.25, -0.2) is 4.90 Å². The van der Waals surface area contributed by atoms with Crippen molar-refractivity contribution in [3.63, 3.8) is 0 Å². The summed E-state index contributed by atoms with van der Waals surface area (Å²) in [6.45, 7) is 7.89. The summed E-state index contributed by atoms with van der Waals surface area (Å²) in [6, 6.07) is 16.1. The quantitative estimate of drug-likeness (QED) is 0.404. The minimum atomic E-state index is -1.68. The zero-order chi connectivity index (χ0) is 22.6. The molecule has 2 unspecified atom stereocenters. The predicted octanol–water partition coefficient (Wildman–Crippen LogP) is 5.39. The third-order valence-electron chi connectivity index (χ3n) is 4.38. The van der Waals surface area contributed by atoms with Gasteiger partial charge in [0, 0.05) is 17.4 Å². The SMILES string of the molecule is C/C=C/C.C/C=C\C(C)Cl.O=CN1C(=O)C(O)(Cc2ccccc2)c2ccccc21. The van der Waals surface area contributed by atoms with Crippen LogP contribution in [0.3, 0.4) is 0 Å². The number of nitrogens with zero attached hydrogens (tertiary/aromatic N) is 1. The molecule has 3 rings (SSSR count).